The summed E-state index contributed by atoms with van der Waals surface area (Å²) in [6, 6.07) is 14.8. The molecule has 9 heteroatoms. The van der Waals surface area contributed by atoms with E-state index in [2.05, 4.69) is 20.8 Å². The molecule has 1 saturated heterocycles. The number of anilines is 2. The second-order valence-corrected chi connectivity index (χ2v) is 10.1. The molecule has 1 atom stereocenters. The van der Waals surface area contributed by atoms with Crippen molar-refractivity contribution in [3.05, 3.63) is 54.1 Å². The first-order chi connectivity index (χ1) is 17.1. The highest BCUT2D eigenvalue weighted by Crippen LogP contribution is 2.31. The van der Waals surface area contributed by atoms with Crippen molar-refractivity contribution in [1.82, 2.24) is 20.4 Å². The van der Waals surface area contributed by atoms with Crippen LogP contribution in [-0.2, 0) is 4.79 Å². The third-order valence-electron chi connectivity index (χ3n) is 6.04. The maximum Gasteiger partial charge on any atom is 0.319 e. The van der Waals surface area contributed by atoms with E-state index in [1.54, 1.807) is 11.0 Å². The Morgan fingerprint density at radius 3 is 2.67 bits per heavy atom. The number of benzene rings is 2. The summed E-state index contributed by atoms with van der Waals surface area (Å²) in [5.74, 6) is 0.154. The first kappa shape index (κ1) is 24.8. The van der Waals surface area contributed by atoms with Gasteiger partial charge in [0.05, 0.1) is 10.9 Å². The number of piperidine rings is 1. The molecule has 2 aromatic carbocycles. The molecule has 0 radical (unpaired) electrons. The van der Waals surface area contributed by atoms with Crippen molar-refractivity contribution in [2.24, 2.45) is 5.41 Å². The van der Waals surface area contributed by atoms with Crippen molar-refractivity contribution < 1.29 is 9.59 Å². The van der Waals surface area contributed by atoms with Gasteiger partial charge in [0.1, 0.15) is 11.6 Å². The average Bonchev–Trinajstić information content (AvgIpc) is 3.23. The molecule has 0 bridgehead atoms. The minimum Gasteiger partial charge on any atom is -0.382 e. The molecule has 1 aliphatic rings. The van der Waals surface area contributed by atoms with Gasteiger partial charge in [0.15, 0.2) is 5.82 Å². The Morgan fingerprint density at radius 2 is 1.97 bits per heavy atom. The zero-order valence-electron chi connectivity index (χ0n) is 20.8. The summed E-state index contributed by atoms with van der Waals surface area (Å²) in [6.45, 7) is 6.77. The van der Waals surface area contributed by atoms with Crippen molar-refractivity contribution in [3.8, 4) is 17.2 Å². The topological polar surface area (TPSA) is 140 Å². The molecule has 36 heavy (non-hydrogen) atoms. The minimum absolute atomic E-state index is 0.139. The highest BCUT2D eigenvalue weighted by molar-refractivity contribution is 6.02. The van der Waals surface area contributed by atoms with Crippen molar-refractivity contribution in [2.45, 2.75) is 39.7 Å². The Bertz CT molecular complexity index is 1340. The van der Waals surface area contributed by atoms with Crippen LogP contribution in [0.2, 0.25) is 0 Å². The first-order valence-corrected chi connectivity index (χ1v) is 12.0. The van der Waals surface area contributed by atoms with Crippen molar-refractivity contribution >= 4 is 34.3 Å². The van der Waals surface area contributed by atoms with Crippen LogP contribution in [0.5, 0.6) is 0 Å². The summed E-state index contributed by atoms with van der Waals surface area (Å²) >= 11 is 0. The molecular weight excluding hydrogens is 454 g/mol. The van der Waals surface area contributed by atoms with Crippen LogP contribution in [0.15, 0.2) is 54.1 Å². The van der Waals surface area contributed by atoms with Gasteiger partial charge in [-0.1, -0.05) is 51.1 Å². The number of nitriles is 1. The number of nitrogens with one attached hydrogen (secondary N) is 3. The molecule has 3 aromatic rings. The van der Waals surface area contributed by atoms with Crippen LogP contribution < -0.4 is 16.4 Å². The van der Waals surface area contributed by atoms with E-state index in [4.69, 9.17) is 5.73 Å². The maximum absolute atomic E-state index is 12.9. The number of aromatic nitrogens is 2. The van der Waals surface area contributed by atoms with E-state index in [0.717, 1.165) is 34.9 Å². The monoisotopic (exact) mass is 485 g/mol. The Balaban J connectivity index is 1.38. The van der Waals surface area contributed by atoms with Crippen molar-refractivity contribution in [1.29, 1.82) is 5.26 Å². The molecular formula is C27H31N7O2. The lowest BCUT2D eigenvalue weighted by molar-refractivity contribution is -0.128. The lowest BCUT2D eigenvalue weighted by atomic mass is 9.93. The molecule has 5 N–H and O–H groups in total. The number of nitrogens with two attached hydrogens (primary N) is 1. The molecule has 1 unspecified atom stereocenters. The Kier molecular flexibility index (Phi) is 6.97. The van der Waals surface area contributed by atoms with Gasteiger partial charge in [-0.25, -0.2) is 4.79 Å². The first-order valence-electron chi connectivity index (χ1n) is 12.0. The van der Waals surface area contributed by atoms with Crippen LogP contribution in [0, 0.1) is 16.7 Å². The summed E-state index contributed by atoms with van der Waals surface area (Å²) in [5.41, 5.74) is 9.31. The lowest BCUT2D eigenvalue weighted by Gasteiger charge is -2.33. The number of nitrogen functional groups attached to an aromatic ring is 1. The number of hydrogen-bond donors (Lipinski definition) is 4. The number of carbonyl (C=O) groups is 2. The van der Waals surface area contributed by atoms with Gasteiger partial charge in [0.25, 0.3) is 5.91 Å². The number of amides is 3. The van der Waals surface area contributed by atoms with E-state index in [0.29, 0.717) is 24.6 Å². The fourth-order valence-corrected chi connectivity index (χ4v) is 4.45. The van der Waals surface area contributed by atoms with Crippen LogP contribution in [0.3, 0.4) is 0 Å². The van der Waals surface area contributed by atoms with E-state index < -0.39 is 0 Å². The third kappa shape index (κ3) is 5.66. The predicted octanol–water partition coefficient (Wildman–Crippen LogP) is 4.42. The number of allylic oxidation sites excluding steroid dienone is 1. The van der Waals surface area contributed by atoms with Gasteiger partial charge in [0, 0.05) is 24.8 Å². The van der Waals surface area contributed by atoms with Gasteiger partial charge >= 0.3 is 6.03 Å². The number of likely N-dealkylation sites (tertiary alicyclic amines) is 1. The smallest absolute Gasteiger partial charge is 0.319 e. The number of carbonyl (C=O) groups excluding carboxylic acids is 2. The SMILES string of the molecule is CC(C)(C)C=C(C#N)C(=O)N1CCCC(NC(=O)Nc2ccc(-c3cccc4[nH]nc(N)c34)cc2)C1. The number of hydrogen-bond acceptors (Lipinski definition) is 5. The van der Waals surface area contributed by atoms with E-state index in [9.17, 15) is 14.9 Å². The normalized spacial score (nSPS) is 16.4. The fourth-order valence-electron chi connectivity index (χ4n) is 4.45. The average molecular weight is 486 g/mol. The molecule has 1 aliphatic heterocycles. The number of nitrogens with zero attached hydrogens (tertiary/aromatic N) is 3. The Labute approximate surface area is 210 Å². The third-order valence-corrected chi connectivity index (χ3v) is 6.04. The lowest BCUT2D eigenvalue weighted by Crippen LogP contribution is -2.50. The molecule has 2 heterocycles. The van der Waals surface area contributed by atoms with Crippen LogP contribution in [0.4, 0.5) is 16.3 Å². The van der Waals surface area contributed by atoms with Crippen LogP contribution in [-0.4, -0.2) is 46.2 Å². The summed E-state index contributed by atoms with van der Waals surface area (Å²) in [4.78, 5) is 27.2. The number of aromatic amines is 1. The largest absolute Gasteiger partial charge is 0.382 e. The van der Waals surface area contributed by atoms with Gasteiger partial charge in [-0.05, 0) is 47.6 Å². The van der Waals surface area contributed by atoms with Crippen LogP contribution in [0.1, 0.15) is 33.6 Å². The molecule has 1 fully saturated rings. The van der Waals surface area contributed by atoms with Crippen LogP contribution in [0.25, 0.3) is 22.0 Å². The minimum atomic E-state index is -0.339. The molecule has 0 spiro atoms. The van der Waals surface area contributed by atoms with Crippen LogP contribution >= 0.6 is 0 Å². The highest BCUT2D eigenvalue weighted by atomic mass is 16.2. The van der Waals surface area contributed by atoms with E-state index in [1.807, 2.05) is 69.3 Å². The van der Waals surface area contributed by atoms with Crippen molar-refractivity contribution in [2.75, 3.05) is 24.1 Å². The standard InChI is InChI=1S/C27H31N7O2/c1-27(2,3)14-18(15-28)25(35)34-13-5-6-20(16-34)31-26(36)30-19-11-9-17(10-12-19)21-7-4-8-22-23(21)24(29)33-32-22/h4,7-12,14,20H,5-6,13,16H2,1-3H3,(H3,29,32,33)(H2,30,31,36). The number of fused-ring (bicyclic) bond motifs is 1. The molecule has 0 saturated carbocycles. The maximum atomic E-state index is 12.9. The second-order valence-electron chi connectivity index (χ2n) is 10.1. The molecule has 0 aliphatic carbocycles. The number of H-pyrrole nitrogens is 1. The highest BCUT2D eigenvalue weighted by Gasteiger charge is 2.27. The molecule has 1 aromatic heterocycles. The van der Waals surface area contributed by atoms with Gasteiger partial charge in [-0.15, -0.1) is 0 Å². The van der Waals surface area contributed by atoms with Gasteiger partial charge in [0.2, 0.25) is 0 Å². The summed E-state index contributed by atoms with van der Waals surface area (Å²) in [6.07, 6.45) is 3.21. The zero-order valence-corrected chi connectivity index (χ0v) is 20.8. The molecule has 9 nitrogen and oxygen atoms in total. The summed E-state index contributed by atoms with van der Waals surface area (Å²) in [5, 5.41) is 23.1. The molecule has 186 valence electrons. The molecule has 3 amide bonds. The summed E-state index contributed by atoms with van der Waals surface area (Å²) in [7, 11) is 0. The second kappa shape index (κ2) is 10.1. The summed E-state index contributed by atoms with van der Waals surface area (Å²) < 4.78 is 0. The van der Waals surface area contributed by atoms with E-state index in [1.165, 1.54) is 0 Å². The van der Waals surface area contributed by atoms with E-state index in [-0.39, 0.29) is 29.0 Å². The Hall–Kier alpha value is -4.32. The van der Waals surface area contributed by atoms with Gasteiger partial charge in [-0.3, -0.25) is 9.89 Å². The van der Waals surface area contributed by atoms with Crippen molar-refractivity contribution in [3.63, 3.8) is 0 Å². The quantitative estimate of drug-likeness (QED) is 0.320. The molecule has 4 rings (SSSR count). The number of urea groups is 1. The van der Waals surface area contributed by atoms with Gasteiger partial charge < -0.3 is 21.3 Å². The predicted molar refractivity (Wildman–Crippen MR) is 141 cm³/mol. The van der Waals surface area contributed by atoms with Gasteiger partial charge in [-0.2, -0.15) is 10.4 Å². The number of rotatable bonds is 4. The Morgan fingerprint density at radius 1 is 1.22 bits per heavy atom. The van der Waals surface area contributed by atoms with E-state index >= 15 is 0 Å². The zero-order chi connectivity index (χ0) is 25.9. The fraction of sp³-hybridized carbons (Fsp3) is 0.333.